The molecule has 10 aromatic rings. The predicted molar refractivity (Wildman–Crippen MR) is 218 cm³/mol. The fourth-order valence-corrected chi connectivity index (χ4v) is 8.74. The lowest BCUT2D eigenvalue weighted by atomic mass is 9.80. The van der Waals surface area contributed by atoms with Crippen LogP contribution in [0.3, 0.4) is 0 Å². The van der Waals surface area contributed by atoms with Gasteiger partial charge in [-0.1, -0.05) is 129 Å². The van der Waals surface area contributed by atoms with E-state index in [1.165, 1.54) is 33.2 Å². The van der Waals surface area contributed by atoms with Crippen molar-refractivity contribution < 1.29 is 4.42 Å². The summed E-state index contributed by atoms with van der Waals surface area (Å²) in [6, 6.07) is 58.2. The highest BCUT2D eigenvalue weighted by molar-refractivity contribution is 6.22. The van der Waals surface area contributed by atoms with Crippen molar-refractivity contribution in [3.8, 4) is 50.8 Å². The molecule has 0 atom stereocenters. The molecular formula is C49H33N3O. The van der Waals surface area contributed by atoms with Gasteiger partial charge >= 0.3 is 0 Å². The number of nitrogens with zero attached hydrogens (tertiary/aromatic N) is 3. The van der Waals surface area contributed by atoms with Crippen LogP contribution in [0.1, 0.15) is 25.0 Å². The second-order valence-corrected chi connectivity index (χ2v) is 14.6. The molecule has 8 aromatic carbocycles. The second kappa shape index (κ2) is 11.1. The molecule has 1 aliphatic rings. The molecule has 2 heterocycles. The van der Waals surface area contributed by atoms with Crippen LogP contribution in [0.2, 0.25) is 0 Å². The molecule has 53 heavy (non-hydrogen) atoms. The zero-order valence-electron chi connectivity index (χ0n) is 29.3. The number of rotatable bonds is 4. The molecule has 0 spiro atoms. The van der Waals surface area contributed by atoms with Gasteiger partial charge in [0.15, 0.2) is 5.58 Å². The van der Waals surface area contributed by atoms with Crippen LogP contribution < -0.4 is 0 Å². The largest absolute Gasteiger partial charge is 0.436 e. The monoisotopic (exact) mass is 679 g/mol. The van der Waals surface area contributed by atoms with Gasteiger partial charge in [0.2, 0.25) is 5.89 Å². The number of fused-ring (bicyclic) bond motifs is 7. The highest BCUT2D eigenvalue weighted by Crippen LogP contribution is 2.53. The first-order chi connectivity index (χ1) is 26.0. The molecule has 0 bridgehead atoms. The molecule has 0 fully saturated rings. The van der Waals surface area contributed by atoms with Gasteiger partial charge in [0.05, 0.1) is 16.6 Å². The SMILES string of the molecule is CC1(C)c2ccccc2-c2cc3c(-c4nc5ccccc5o4)c4ccccc4c(-c4ccc(-c5nc6ccccc6n5-c5ccccc5)cc4)c3cc21. The number of para-hydroxylation sites is 5. The van der Waals surface area contributed by atoms with Gasteiger partial charge in [0.1, 0.15) is 11.3 Å². The fraction of sp³-hybridized carbons (Fsp3) is 0.0612. The second-order valence-electron chi connectivity index (χ2n) is 14.6. The molecule has 4 nitrogen and oxygen atoms in total. The predicted octanol–water partition coefficient (Wildman–Crippen LogP) is 12.8. The van der Waals surface area contributed by atoms with E-state index >= 15 is 0 Å². The molecule has 2 aromatic heterocycles. The Balaban J connectivity index is 1.19. The summed E-state index contributed by atoms with van der Waals surface area (Å²) in [4.78, 5) is 10.2. The number of aromatic nitrogens is 3. The Bertz CT molecular complexity index is 3040. The van der Waals surface area contributed by atoms with E-state index in [0.29, 0.717) is 5.89 Å². The molecule has 0 unspecified atom stereocenters. The lowest BCUT2D eigenvalue weighted by Gasteiger charge is -2.23. The van der Waals surface area contributed by atoms with E-state index in [4.69, 9.17) is 14.4 Å². The summed E-state index contributed by atoms with van der Waals surface area (Å²) in [5.74, 6) is 1.56. The summed E-state index contributed by atoms with van der Waals surface area (Å²) in [6.45, 7) is 4.69. The Hall–Kier alpha value is -6.78. The average molecular weight is 680 g/mol. The average Bonchev–Trinajstić information content (AvgIpc) is 3.87. The van der Waals surface area contributed by atoms with E-state index < -0.39 is 0 Å². The molecule has 0 N–H and O–H groups in total. The van der Waals surface area contributed by atoms with Gasteiger partial charge in [0.25, 0.3) is 0 Å². The van der Waals surface area contributed by atoms with E-state index in [2.05, 4.69) is 158 Å². The summed E-state index contributed by atoms with van der Waals surface area (Å²) in [5, 5.41) is 4.59. The molecule has 1 aliphatic carbocycles. The van der Waals surface area contributed by atoms with Gasteiger partial charge in [0, 0.05) is 16.7 Å². The van der Waals surface area contributed by atoms with Crippen LogP contribution in [0.25, 0.3) is 94.5 Å². The minimum absolute atomic E-state index is 0.152. The van der Waals surface area contributed by atoms with Gasteiger partial charge in [-0.25, -0.2) is 9.97 Å². The van der Waals surface area contributed by atoms with Crippen molar-refractivity contribution >= 4 is 43.7 Å². The van der Waals surface area contributed by atoms with Crippen molar-refractivity contribution in [2.45, 2.75) is 19.3 Å². The van der Waals surface area contributed by atoms with Crippen molar-refractivity contribution in [2.24, 2.45) is 0 Å². The standard InChI is InChI=1S/C49H33N3O/c1-49(2)39-19-9-8-16-33(39)36-28-37-38(29-40(36)49)45(34-17-6-7-18-35(34)46(37)48-51-42-21-11-13-23-44(42)53-48)30-24-26-31(27-25-30)47-50-41-20-10-12-22-43(41)52(47)32-14-4-3-5-15-32/h3-29H,1-2H3. The normalized spacial score (nSPS) is 13.2. The topological polar surface area (TPSA) is 43.9 Å². The molecule has 0 saturated heterocycles. The van der Waals surface area contributed by atoms with E-state index in [1.807, 2.05) is 24.3 Å². The van der Waals surface area contributed by atoms with Crippen LogP contribution in [0, 0.1) is 0 Å². The Morgan fingerprint density at radius 2 is 1.13 bits per heavy atom. The van der Waals surface area contributed by atoms with E-state index in [-0.39, 0.29) is 5.41 Å². The number of imidazole rings is 1. The van der Waals surface area contributed by atoms with Crippen molar-refractivity contribution in [3.63, 3.8) is 0 Å². The highest BCUT2D eigenvalue weighted by Gasteiger charge is 2.36. The first-order valence-electron chi connectivity index (χ1n) is 18.2. The van der Waals surface area contributed by atoms with E-state index in [1.54, 1.807) is 0 Å². The van der Waals surface area contributed by atoms with Crippen LogP contribution >= 0.6 is 0 Å². The van der Waals surface area contributed by atoms with Crippen molar-refractivity contribution in [1.82, 2.24) is 14.5 Å². The molecule has 0 aliphatic heterocycles. The smallest absolute Gasteiger partial charge is 0.228 e. The van der Waals surface area contributed by atoms with Crippen molar-refractivity contribution in [3.05, 3.63) is 175 Å². The van der Waals surface area contributed by atoms with Gasteiger partial charge < -0.3 is 4.42 Å². The first-order valence-corrected chi connectivity index (χ1v) is 18.2. The molecule has 11 rings (SSSR count). The summed E-state index contributed by atoms with van der Waals surface area (Å²) in [6.07, 6.45) is 0. The molecule has 0 saturated carbocycles. The minimum Gasteiger partial charge on any atom is -0.436 e. The van der Waals surface area contributed by atoms with Crippen LogP contribution in [-0.2, 0) is 5.41 Å². The number of hydrogen-bond acceptors (Lipinski definition) is 3. The van der Waals surface area contributed by atoms with Gasteiger partial charge in [-0.3, -0.25) is 4.57 Å². The van der Waals surface area contributed by atoms with Crippen LogP contribution in [0.5, 0.6) is 0 Å². The zero-order chi connectivity index (χ0) is 35.3. The Morgan fingerprint density at radius 3 is 1.94 bits per heavy atom. The Morgan fingerprint density at radius 1 is 0.491 bits per heavy atom. The van der Waals surface area contributed by atoms with Gasteiger partial charge in [-0.05, 0) is 103 Å². The summed E-state index contributed by atoms with van der Waals surface area (Å²) >= 11 is 0. The number of oxazole rings is 1. The lowest BCUT2D eigenvalue weighted by Crippen LogP contribution is -2.14. The summed E-state index contributed by atoms with van der Waals surface area (Å²) in [5.41, 5.74) is 14.3. The number of benzene rings is 8. The number of hydrogen-bond donors (Lipinski definition) is 0. The fourth-order valence-electron chi connectivity index (χ4n) is 8.74. The van der Waals surface area contributed by atoms with E-state index in [0.717, 1.165) is 66.5 Å². The van der Waals surface area contributed by atoms with Crippen LogP contribution in [0.15, 0.2) is 168 Å². The molecule has 0 amide bonds. The Kier molecular flexibility index (Phi) is 6.27. The Labute approximate surface area is 306 Å². The lowest BCUT2D eigenvalue weighted by molar-refractivity contribution is 0.621. The maximum Gasteiger partial charge on any atom is 0.228 e. The zero-order valence-corrected chi connectivity index (χ0v) is 29.3. The third-order valence-corrected chi connectivity index (χ3v) is 11.2. The quantitative estimate of drug-likeness (QED) is 0.174. The van der Waals surface area contributed by atoms with Gasteiger partial charge in [-0.2, -0.15) is 0 Å². The maximum atomic E-state index is 6.56. The molecular weight excluding hydrogens is 647 g/mol. The first kappa shape index (κ1) is 29.9. The molecule has 4 heteroatoms. The highest BCUT2D eigenvalue weighted by atomic mass is 16.3. The summed E-state index contributed by atoms with van der Waals surface area (Å²) < 4.78 is 8.82. The third-order valence-electron chi connectivity index (χ3n) is 11.2. The third kappa shape index (κ3) is 4.36. The summed E-state index contributed by atoms with van der Waals surface area (Å²) in [7, 11) is 0. The van der Waals surface area contributed by atoms with E-state index in [9.17, 15) is 0 Å². The van der Waals surface area contributed by atoms with Gasteiger partial charge in [-0.15, -0.1) is 0 Å². The van der Waals surface area contributed by atoms with Crippen LogP contribution in [-0.4, -0.2) is 14.5 Å². The molecule has 0 radical (unpaired) electrons. The van der Waals surface area contributed by atoms with Crippen LogP contribution in [0.4, 0.5) is 0 Å². The van der Waals surface area contributed by atoms with Crippen molar-refractivity contribution in [2.75, 3.05) is 0 Å². The van der Waals surface area contributed by atoms with Crippen molar-refractivity contribution in [1.29, 1.82) is 0 Å². The molecule has 250 valence electrons. The minimum atomic E-state index is -0.152. The maximum absolute atomic E-state index is 6.56.